The van der Waals surface area contributed by atoms with Crippen LogP contribution in [0.25, 0.3) is 11.3 Å². The molecular formula is C15H15NO3. The Kier molecular flexibility index (Phi) is 3.80. The van der Waals surface area contributed by atoms with E-state index < -0.39 is 5.97 Å². The van der Waals surface area contributed by atoms with E-state index in [1.807, 2.05) is 31.2 Å². The number of rotatable bonds is 3. The van der Waals surface area contributed by atoms with Crippen LogP contribution in [0.1, 0.15) is 15.9 Å². The number of nitrogens with zero attached hydrogens (tertiary/aromatic N) is 1. The van der Waals surface area contributed by atoms with E-state index in [9.17, 15) is 4.79 Å². The van der Waals surface area contributed by atoms with Gasteiger partial charge in [-0.15, -0.1) is 0 Å². The molecule has 0 radical (unpaired) electrons. The topological polar surface area (TPSA) is 48.4 Å². The van der Waals surface area contributed by atoms with E-state index in [1.165, 1.54) is 19.8 Å². The molecule has 98 valence electrons. The molecule has 2 aromatic rings. The molecule has 0 amide bonds. The second kappa shape index (κ2) is 5.52. The molecule has 0 bridgehead atoms. The predicted molar refractivity (Wildman–Crippen MR) is 72.3 cm³/mol. The Morgan fingerprint density at radius 3 is 2.32 bits per heavy atom. The van der Waals surface area contributed by atoms with Crippen molar-refractivity contribution in [3.63, 3.8) is 0 Å². The molecule has 0 unspecified atom stereocenters. The number of ether oxygens (including phenoxy) is 2. The molecule has 0 aliphatic rings. The van der Waals surface area contributed by atoms with Crippen molar-refractivity contribution < 1.29 is 14.3 Å². The molecule has 0 aliphatic heterocycles. The Bertz CT molecular complexity index is 591. The van der Waals surface area contributed by atoms with Crippen molar-refractivity contribution in [2.75, 3.05) is 14.2 Å². The van der Waals surface area contributed by atoms with Gasteiger partial charge in [0.25, 0.3) is 0 Å². The third-order valence-corrected chi connectivity index (χ3v) is 2.81. The molecule has 0 fully saturated rings. The first-order valence-electron chi connectivity index (χ1n) is 5.86. The van der Waals surface area contributed by atoms with Gasteiger partial charge < -0.3 is 9.47 Å². The van der Waals surface area contributed by atoms with E-state index >= 15 is 0 Å². The third kappa shape index (κ3) is 2.73. The van der Waals surface area contributed by atoms with Crippen LogP contribution >= 0.6 is 0 Å². The van der Waals surface area contributed by atoms with Crippen LogP contribution < -0.4 is 4.74 Å². The highest BCUT2D eigenvalue weighted by molar-refractivity contribution is 5.92. The summed E-state index contributed by atoms with van der Waals surface area (Å²) >= 11 is 0. The Morgan fingerprint density at radius 1 is 1.05 bits per heavy atom. The van der Waals surface area contributed by atoms with E-state index in [1.54, 1.807) is 12.1 Å². The zero-order valence-electron chi connectivity index (χ0n) is 11.1. The van der Waals surface area contributed by atoms with Crippen LogP contribution in [0.2, 0.25) is 0 Å². The normalized spacial score (nSPS) is 10.1. The SMILES string of the molecule is COC(=O)c1ccc(-c2ccc(C)cc2)nc1OC. The molecule has 19 heavy (non-hydrogen) atoms. The van der Waals surface area contributed by atoms with Gasteiger partial charge >= 0.3 is 5.97 Å². The van der Waals surface area contributed by atoms with Gasteiger partial charge in [-0.05, 0) is 19.1 Å². The first-order valence-corrected chi connectivity index (χ1v) is 5.86. The Labute approximate surface area is 112 Å². The van der Waals surface area contributed by atoms with Crippen molar-refractivity contribution in [1.82, 2.24) is 4.98 Å². The fourth-order valence-corrected chi connectivity index (χ4v) is 1.75. The van der Waals surface area contributed by atoms with Crippen molar-refractivity contribution in [2.24, 2.45) is 0 Å². The number of hydrogen-bond donors (Lipinski definition) is 0. The Balaban J connectivity index is 2.44. The van der Waals surface area contributed by atoms with Crippen LogP contribution in [0, 0.1) is 6.92 Å². The zero-order chi connectivity index (χ0) is 13.8. The molecule has 0 saturated heterocycles. The first-order chi connectivity index (χ1) is 9.15. The van der Waals surface area contributed by atoms with E-state index in [4.69, 9.17) is 4.74 Å². The lowest BCUT2D eigenvalue weighted by Gasteiger charge is -2.08. The number of aryl methyl sites for hydroxylation is 1. The van der Waals surface area contributed by atoms with E-state index in [2.05, 4.69) is 9.72 Å². The highest BCUT2D eigenvalue weighted by Gasteiger charge is 2.15. The van der Waals surface area contributed by atoms with Crippen LogP contribution in [0.15, 0.2) is 36.4 Å². The Hall–Kier alpha value is -2.36. The first kappa shape index (κ1) is 13.1. The van der Waals surface area contributed by atoms with Crippen molar-refractivity contribution in [3.05, 3.63) is 47.5 Å². The maximum Gasteiger partial charge on any atom is 0.343 e. The molecule has 4 nitrogen and oxygen atoms in total. The molecule has 0 spiro atoms. The molecule has 1 aromatic heterocycles. The van der Waals surface area contributed by atoms with Gasteiger partial charge in [0.1, 0.15) is 5.56 Å². The lowest BCUT2D eigenvalue weighted by atomic mass is 10.1. The van der Waals surface area contributed by atoms with Gasteiger partial charge in [-0.25, -0.2) is 9.78 Å². The number of carbonyl (C=O) groups is 1. The van der Waals surface area contributed by atoms with E-state index in [-0.39, 0.29) is 5.88 Å². The summed E-state index contributed by atoms with van der Waals surface area (Å²) in [4.78, 5) is 15.9. The second-order valence-corrected chi connectivity index (χ2v) is 4.11. The molecule has 4 heteroatoms. The van der Waals surface area contributed by atoms with Crippen LogP contribution in [0.5, 0.6) is 5.88 Å². The lowest BCUT2D eigenvalue weighted by molar-refractivity contribution is 0.0596. The minimum atomic E-state index is -0.459. The van der Waals surface area contributed by atoms with Crippen LogP contribution in [0.3, 0.4) is 0 Å². The molecule has 1 heterocycles. The molecule has 0 N–H and O–H groups in total. The quantitative estimate of drug-likeness (QED) is 0.793. The number of pyridine rings is 1. The molecule has 0 aliphatic carbocycles. The van der Waals surface area contributed by atoms with Crippen LogP contribution in [-0.4, -0.2) is 25.2 Å². The fourth-order valence-electron chi connectivity index (χ4n) is 1.75. The maximum absolute atomic E-state index is 11.5. The molecule has 2 rings (SSSR count). The standard InChI is InChI=1S/C15H15NO3/c1-10-4-6-11(7-5-10)13-9-8-12(15(17)19-3)14(16-13)18-2/h4-9H,1-3H3. The third-order valence-electron chi connectivity index (χ3n) is 2.81. The van der Waals surface area contributed by atoms with Gasteiger partial charge in [0.05, 0.1) is 19.9 Å². The average molecular weight is 257 g/mol. The monoisotopic (exact) mass is 257 g/mol. The number of methoxy groups -OCH3 is 2. The number of hydrogen-bond acceptors (Lipinski definition) is 4. The fraction of sp³-hybridized carbons (Fsp3) is 0.200. The van der Waals surface area contributed by atoms with E-state index in [0.29, 0.717) is 5.56 Å². The summed E-state index contributed by atoms with van der Waals surface area (Å²) < 4.78 is 9.82. The van der Waals surface area contributed by atoms with E-state index in [0.717, 1.165) is 11.3 Å². The van der Waals surface area contributed by atoms with Gasteiger partial charge in [0, 0.05) is 5.56 Å². The van der Waals surface area contributed by atoms with Gasteiger partial charge in [-0.2, -0.15) is 0 Å². The largest absolute Gasteiger partial charge is 0.480 e. The molecule has 0 atom stereocenters. The van der Waals surface area contributed by atoms with Crippen molar-refractivity contribution in [1.29, 1.82) is 0 Å². The van der Waals surface area contributed by atoms with Gasteiger partial charge in [-0.1, -0.05) is 29.8 Å². The molecular weight excluding hydrogens is 242 g/mol. The smallest absolute Gasteiger partial charge is 0.343 e. The van der Waals surface area contributed by atoms with Crippen molar-refractivity contribution in [3.8, 4) is 17.1 Å². The Morgan fingerprint density at radius 2 is 1.74 bits per heavy atom. The van der Waals surface area contributed by atoms with Gasteiger partial charge in [0.15, 0.2) is 0 Å². The number of carbonyl (C=O) groups excluding carboxylic acids is 1. The summed E-state index contributed by atoms with van der Waals surface area (Å²) in [5.41, 5.74) is 3.23. The number of aromatic nitrogens is 1. The predicted octanol–water partition coefficient (Wildman–Crippen LogP) is 2.85. The summed E-state index contributed by atoms with van der Waals surface area (Å²) in [7, 11) is 2.81. The summed E-state index contributed by atoms with van der Waals surface area (Å²) in [6.07, 6.45) is 0. The van der Waals surface area contributed by atoms with Crippen LogP contribution in [-0.2, 0) is 4.74 Å². The summed E-state index contributed by atoms with van der Waals surface area (Å²) in [6, 6.07) is 11.4. The highest BCUT2D eigenvalue weighted by atomic mass is 16.5. The average Bonchev–Trinajstić information content (AvgIpc) is 2.46. The van der Waals surface area contributed by atoms with Crippen molar-refractivity contribution in [2.45, 2.75) is 6.92 Å². The van der Waals surface area contributed by atoms with Gasteiger partial charge in [-0.3, -0.25) is 0 Å². The van der Waals surface area contributed by atoms with Crippen LogP contribution in [0.4, 0.5) is 0 Å². The summed E-state index contributed by atoms with van der Waals surface area (Å²) in [6.45, 7) is 2.03. The summed E-state index contributed by atoms with van der Waals surface area (Å²) in [5, 5.41) is 0. The molecule has 0 saturated carbocycles. The highest BCUT2D eigenvalue weighted by Crippen LogP contribution is 2.23. The van der Waals surface area contributed by atoms with Gasteiger partial charge in [0.2, 0.25) is 5.88 Å². The number of esters is 1. The molecule has 1 aromatic carbocycles. The maximum atomic E-state index is 11.5. The van der Waals surface area contributed by atoms with Crippen molar-refractivity contribution >= 4 is 5.97 Å². The minimum Gasteiger partial charge on any atom is -0.480 e. The second-order valence-electron chi connectivity index (χ2n) is 4.11. The zero-order valence-corrected chi connectivity index (χ0v) is 11.1. The lowest BCUT2D eigenvalue weighted by Crippen LogP contribution is -2.05. The summed E-state index contributed by atoms with van der Waals surface area (Å²) in [5.74, 6) is -0.190. The minimum absolute atomic E-state index is 0.268. The number of benzene rings is 1.